The predicted octanol–water partition coefficient (Wildman–Crippen LogP) is 4.14. The number of hydrogen-bond acceptors (Lipinski definition) is 7. The van der Waals surface area contributed by atoms with Gasteiger partial charge in [-0.25, -0.2) is 5.01 Å². The van der Waals surface area contributed by atoms with Crippen LogP contribution in [0.1, 0.15) is 42.1 Å². The van der Waals surface area contributed by atoms with Crippen molar-refractivity contribution in [3.05, 3.63) is 78.8 Å². The molecule has 3 atom stereocenters. The summed E-state index contributed by atoms with van der Waals surface area (Å²) in [6, 6.07) is 8.71. The van der Waals surface area contributed by atoms with Crippen LogP contribution in [0.15, 0.2) is 42.5 Å². The van der Waals surface area contributed by atoms with Gasteiger partial charge in [0.05, 0.1) is 33.8 Å². The first kappa shape index (κ1) is 24.3. The Kier molecular flexibility index (Phi) is 6.53. The Hall–Kier alpha value is -3.86. The van der Waals surface area contributed by atoms with Crippen molar-refractivity contribution in [1.29, 1.82) is 0 Å². The molecule has 2 fully saturated rings. The van der Waals surface area contributed by atoms with Crippen molar-refractivity contribution >= 4 is 40.7 Å². The van der Waals surface area contributed by atoms with Gasteiger partial charge < -0.3 is 0 Å². The van der Waals surface area contributed by atoms with E-state index in [2.05, 4.69) is 0 Å². The molecule has 0 aromatic heterocycles. The van der Waals surface area contributed by atoms with E-state index < -0.39 is 45.9 Å². The molecule has 1 saturated heterocycles. The Morgan fingerprint density at radius 3 is 2.46 bits per heavy atom. The number of carbonyl (C=O) groups excluding carboxylic acids is 3. The molecular weight excluding hydrogens is 480 g/mol. The number of amides is 3. The summed E-state index contributed by atoms with van der Waals surface area (Å²) in [5.74, 6) is -2.92. The summed E-state index contributed by atoms with van der Waals surface area (Å²) >= 11 is 5.91. The van der Waals surface area contributed by atoms with E-state index in [0.29, 0.717) is 12.8 Å². The third-order valence-electron chi connectivity index (χ3n) is 6.51. The maximum atomic E-state index is 13.6. The molecule has 1 aliphatic heterocycles. The van der Waals surface area contributed by atoms with Crippen LogP contribution >= 0.6 is 11.6 Å². The Morgan fingerprint density at radius 1 is 1.06 bits per heavy atom. The van der Waals surface area contributed by atoms with Gasteiger partial charge in [-0.15, -0.1) is 0 Å². The number of halogens is 1. The van der Waals surface area contributed by atoms with Crippen LogP contribution in [0.2, 0.25) is 5.02 Å². The van der Waals surface area contributed by atoms with Crippen LogP contribution in [0.5, 0.6) is 0 Å². The van der Waals surface area contributed by atoms with Gasteiger partial charge in [0.15, 0.2) is 0 Å². The summed E-state index contributed by atoms with van der Waals surface area (Å²) in [5, 5.41) is 24.6. The number of nitro benzene ring substituents is 2. The van der Waals surface area contributed by atoms with E-state index in [1.165, 1.54) is 30.3 Å². The lowest BCUT2D eigenvalue weighted by Gasteiger charge is -2.30. The van der Waals surface area contributed by atoms with E-state index in [0.717, 1.165) is 28.6 Å². The molecule has 0 radical (unpaired) electrons. The van der Waals surface area contributed by atoms with Crippen LogP contribution < -0.4 is 0 Å². The standard InChI is InChI=1S/C23H21ClN4O7/c1-13-5-8-18-19(9-13)23(31)26(22(18)30)25(12-15-6-7-16(24)11-20(15)28(34)35)21(29)14-3-2-4-17(10-14)27(32)33/h2-4,6-7,10-11,13,18-19H,5,8-9,12H2,1H3/t13-,18-,19+/m1/s1. The Morgan fingerprint density at radius 2 is 1.77 bits per heavy atom. The normalized spacial score (nSPS) is 21.5. The molecule has 11 nitrogen and oxygen atoms in total. The molecule has 12 heteroatoms. The number of non-ortho nitro benzene ring substituents is 1. The second-order valence-corrected chi connectivity index (χ2v) is 9.26. The molecular formula is C23H21ClN4O7. The first-order valence-corrected chi connectivity index (χ1v) is 11.3. The largest absolute Gasteiger partial charge is 0.275 e. The van der Waals surface area contributed by atoms with Crippen molar-refractivity contribution in [2.45, 2.75) is 32.7 Å². The average Bonchev–Trinajstić information content (AvgIpc) is 3.07. The minimum atomic E-state index is -0.869. The van der Waals surface area contributed by atoms with Crippen molar-refractivity contribution in [1.82, 2.24) is 10.0 Å². The Bertz CT molecular complexity index is 1250. The average molecular weight is 501 g/mol. The van der Waals surface area contributed by atoms with Crippen LogP contribution in [0.4, 0.5) is 11.4 Å². The van der Waals surface area contributed by atoms with Gasteiger partial charge in [-0.05, 0) is 43.4 Å². The van der Waals surface area contributed by atoms with Crippen LogP contribution in [0.25, 0.3) is 0 Å². The van der Waals surface area contributed by atoms with Crippen molar-refractivity contribution in [3.63, 3.8) is 0 Å². The van der Waals surface area contributed by atoms with Gasteiger partial charge in [0, 0.05) is 28.8 Å². The van der Waals surface area contributed by atoms with E-state index in [-0.39, 0.29) is 33.4 Å². The highest BCUT2D eigenvalue weighted by atomic mass is 35.5. The monoisotopic (exact) mass is 500 g/mol. The third-order valence-corrected chi connectivity index (χ3v) is 6.74. The zero-order valence-electron chi connectivity index (χ0n) is 18.6. The summed E-state index contributed by atoms with van der Waals surface area (Å²) in [5.41, 5.74) is -0.837. The number of nitro groups is 2. The molecule has 4 rings (SSSR count). The summed E-state index contributed by atoms with van der Waals surface area (Å²) in [6.07, 6.45) is 1.74. The van der Waals surface area contributed by atoms with E-state index in [4.69, 9.17) is 11.6 Å². The molecule has 0 unspecified atom stereocenters. The topological polar surface area (TPSA) is 144 Å². The Labute approximate surface area is 204 Å². The fraction of sp³-hybridized carbons (Fsp3) is 0.348. The van der Waals surface area contributed by atoms with Crippen LogP contribution in [0.3, 0.4) is 0 Å². The molecule has 0 bridgehead atoms. The lowest BCUT2D eigenvalue weighted by atomic mass is 9.76. The highest BCUT2D eigenvalue weighted by Gasteiger charge is 2.52. The van der Waals surface area contributed by atoms with Crippen molar-refractivity contribution < 1.29 is 24.2 Å². The minimum Gasteiger partial charge on any atom is -0.272 e. The SMILES string of the molecule is C[C@@H]1CC[C@H]2C(=O)N(N(Cc3ccc(Cl)cc3[N+](=O)[O-])C(=O)c3cccc([N+](=O)[O-])c3)C(=O)[C@H]2C1. The van der Waals surface area contributed by atoms with Gasteiger partial charge in [0.2, 0.25) is 0 Å². The van der Waals surface area contributed by atoms with Gasteiger partial charge in [-0.2, -0.15) is 5.01 Å². The molecule has 1 heterocycles. The van der Waals surface area contributed by atoms with E-state index in [1.54, 1.807) is 0 Å². The number of nitrogens with zero attached hydrogens (tertiary/aromatic N) is 4. The second-order valence-electron chi connectivity index (χ2n) is 8.82. The summed E-state index contributed by atoms with van der Waals surface area (Å²) in [4.78, 5) is 61.8. The fourth-order valence-corrected chi connectivity index (χ4v) is 4.91. The summed E-state index contributed by atoms with van der Waals surface area (Å²) in [6.45, 7) is 1.50. The van der Waals surface area contributed by atoms with Gasteiger partial charge >= 0.3 is 0 Å². The number of benzene rings is 2. The minimum absolute atomic E-state index is 0.0435. The van der Waals surface area contributed by atoms with E-state index in [9.17, 15) is 34.6 Å². The quantitative estimate of drug-likeness (QED) is 0.329. The number of hydrazine groups is 1. The second kappa shape index (κ2) is 9.41. The van der Waals surface area contributed by atoms with Crippen molar-refractivity contribution in [3.8, 4) is 0 Å². The highest BCUT2D eigenvalue weighted by Crippen LogP contribution is 2.42. The number of fused-ring (bicyclic) bond motifs is 1. The molecule has 35 heavy (non-hydrogen) atoms. The molecule has 1 aliphatic carbocycles. The van der Waals surface area contributed by atoms with E-state index >= 15 is 0 Å². The maximum Gasteiger partial charge on any atom is 0.275 e. The first-order valence-electron chi connectivity index (χ1n) is 10.9. The molecule has 0 spiro atoms. The molecule has 3 amide bonds. The van der Waals surface area contributed by atoms with Crippen LogP contribution in [-0.2, 0) is 16.1 Å². The summed E-state index contributed by atoms with van der Waals surface area (Å²) < 4.78 is 0. The van der Waals surface area contributed by atoms with Gasteiger partial charge in [0.1, 0.15) is 0 Å². The van der Waals surface area contributed by atoms with Crippen LogP contribution in [-0.4, -0.2) is 37.6 Å². The zero-order valence-corrected chi connectivity index (χ0v) is 19.4. The fourth-order valence-electron chi connectivity index (χ4n) is 4.75. The molecule has 182 valence electrons. The lowest BCUT2D eigenvalue weighted by molar-refractivity contribution is -0.385. The summed E-state index contributed by atoms with van der Waals surface area (Å²) in [7, 11) is 0. The lowest BCUT2D eigenvalue weighted by Crippen LogP contribution is -2.49. The zero-order chi connectivity index (χ0) is 25.4. The molecule has 1 saturated carbocycles. The van der Waals surface area contributed by atoms with Crippen LogP contribution in [0, 0.1) is 38.0 Å². The molecule has 0 N–H and O–H groups in total. The van der Waals surface area contributed by atoms with Crippen molar-refractivity contribution in [2.24, 2.45) is 17.8 Å². The highest BCUT2D eigenvalue weighted by molar-refractivity contribution is 6.30. The molecule has 2 aliphatic rings. The van der Waals surface area contributed by atoms with Crippen molar-refractivity contribution in [2.75, 3.05) is 0 Å². The predicted molar refractivity (Wildman–Crippen MR) is 123 cm³/mol. The number of imide groups is 1. The smallest absolute Gasteiger partial charge is 0.272 e. The number of carbonyl (C=O) groups is 3. The molecule has 2 aromatic rings. The third kappa shape index (κ3) is 4.59. The maximum absolute atomic E-state index is 13.6. The van der Waals surface area contributed by atoms with E-state index in [1.807, 2.05) is 6.92 Å². The number of hydrogen-bond donors (Lipinski definition) is 0. The first-order chi connectivity index (χ1) is 16.6. The van der Waals surface area contributed by atoms with Gasteiger partial charge in [0.25, 0.3) is 29.1 Å². The molecule has 2 aromatic carbocycles. The number of rotatable bonds is 6. The Balaban J connectivity index is 1.79. The van der Waals surface area contributed by atoms with Gasteiger partial charge in [-0.3, -0.25) is 34.6 Å². The van der Waals surface area contributed by atoms with Gasteiger partial charge in [-0.1, -0.05) is 24.6 Å².